The van der Waals surface area contributed by atoms with E-state index in [0.717, 1.165) is 11.1 Å². The van der Waals surface area contributed by atoms with Crippen molar-refractivity contribution in [2.75, 3.05) is 0 Å². The molecular weight excluding hydrogens is 180 g/mol. The van der Waals surface area contributed by atoms with Crippen LogP contribution in [0.5, 0.6) is 0 Å². The van der Waals surface area contributed by atoms with Crippen LogP contribution < -0.4 is 0 Å². The van der Waals surface area contributed by atoms with Crippen LogP contribution in [0.1, 0.15) is 23.7 Å². The van der Waals surface area contributed by atoms with Crippen molar-refractivity contribution in [1.82, 2.24) is 0 Å². The first-order valence-electron chi connectivity index (χ1n) is 4.39. The molecule has 1 aromatic carbocycles. The summed E-state index contributed by atoms with van der Waals surface area (Å²) in [5, 5.41) is 18.5. The number of aliphatic hydroxyl groups is 1. The summed E-state index contributed by atoms with van der Waals surface area (Å²) in [5.41, 5.74) is 1.86. The molecule has 14 heavy (non-hydrogen) atoms. The molecule has 0 bridgehead atoms. The highest BCUT2D eigenvalue weighted by atomic mass is 16.4. The molecule has 2 rings (SSSR count). The molecule has 0 unspecified atom stereocenters. The number of aliphatic hydroxyl groups excluding tert-OH is 1. The highest BCUT2D eigenvalue weighted by Crippen LogP contribution is 2.31. The summed E-state index contributed by atoms with van der Waals surface area (Å²) in [5.74, 6) is -0.960. The lowest BCUT2D eigenvalue weighted by Crippen LogP contribution is -2.11. The van der Waals surface area contributed by atoms with Crippen molar-refractivity contribution in [3.05, 3.63) is 41.0 Å². The maximum atomic E-state index is 10.7. The Kier molecular flexibility index (Phi) is 2.09. The maximum Gasteiger partial charge on any atom is 0.331 e. The average Bonchev–Trinajstić information content (AvgIpc) is 2.17. The molecule has 0 aliphatic heterocycles. The number of carboxylic acid groups (broad SMARTS) is 1. The third-order valence-electron chi connectivity index (χ3n) is 2.37. The summed E-state index contributed by atoms with van der Waals surface area (Å²) in [7, 11) is 0. The third kappa shape index (κ3) is 1.42. The average molecular weight is 190 g/mol. The van der Waals surface area contributed by atoms with Gasteiger partial charge in [-0.15, -0.1) is 0 Å². The number of hydrogen-bond donors (Lipinski definition) is 2. The third-order valence-corrected chi connectivity index (χ3v) is 2.37. The van der Waals surface area contributed by atoms with Gasteiger partial charge in [-0.1, -0.05) is 24.3 Å². The minimum Gasteiger partial charge on any atom is -0.478 e. The van der Waals surface area contributed by atoms with Gasteiger partial charge in [0.25, 0.3) is 0 Å². The van der Waals surface area contributed by atoms with E-state index in [1.54, 1.807) is 12.1 Å². The Bertz CT molecular complexity index is 407. The lowest BCUT2D eigenvalue weighted by Gasteiger charge is -2.19. The van der Waals surface area contributed by atoms with Crippen LogP contribution >= 0.6 is 0 Å². The molecule has 72 valence electrons. The first-order valence-corrected chi connectivity index (χ1v) is 4.39. The van der Waals surface area contributed by atoms with Gasteiger partial charge in [0.05, 0.1) is 6.10 Å². The summed E-state index contributed by atoms with van der Waals surface area (Å²) in [6.07, 6.45) is 1.11. The van der Waals surface area contributed by atoms with Gasteiger partial charge in [-0.25, -0.2) is 4.79 Å². The molecule has 1 aliphatic rings. The number of fused-ring (bicyclic) bond motifs is 1. The van der Waals surface area contributed by atoms with E-state index in [9.17, 15) is 9.90 Å². The zero-order valence-corrected chi connectivity index (χ0v) is 7.47. The molecule has 3 nitrogen and oxygen atoms in total. The van der Waals surface area contributed by atoms with Crippen LogP contribution in [0, 0.1) is 0 Å². The Morgan fingerprint density at radius 1 is 1.36 bits per heavy atom. The van der Waals surface area contributed by atoms with E-state index in [2.05, 4.69) is 0 Å². The first kappa shape index (κ1) is 8.97. The van der Waals surface area contributed by atoms with Crippen molar-refractivity contribution in [2.24, 2.45) is 0 Å². The number of carboxylic acids is 1. The number of aliphatic carboxylic acids is 1. The van der Waals surface area contributed by atoms with Gasteiger partial charge in [-0.3, -0.25) is 0 Å². The molecule has 1 aromatic rings. The summed E-state index contributed by atoms with van der Waals surface area (Å²) < 4.78 is 0. The standard InChI is InChI=1S/C11H10O3/c12-10-6-8(11(13)14)5-7-3-1-2-4-9(7)10/h1-5,10,12H,6H2,(H,13,14)/t10-/m1/s1. The van der Waals surface area contributed by atoms with Gasteiger partial charge < -0.3 is 10.2 Å². The smallest absolute Gasteiger partial charge is 0.331 e. The van der Waals surface area contributed by atoms with Crippen LogP contribution in [0.4, 0.5) is 0 Å². The van der Waals surface area contributed by atoms with Crippen molar-refractivity contribution < 1.29 is 15.0 Å². The molecule has 0 spiro atoms. The van der Waals surface area contributed by atoms with E-state index in [1.165, 1.54) is 0 Å². The summed E-state index contributed by atoms with van der Waals surface area (Å²) in [6.45, 7) is 0. The first-order chi connectivity index (χ1) is 6.68. The Morgan fingerprint density at radius 3 is 2.79 bits per heavy atom. The van der Waals surface area contributed by atoms with E-state index in [1.807, 2.05) is 18.2 Å². The predicted molar refractivity (Wildman–Crippen MR) is 51.6 cm³/mol. The van der Waals surface area contributed by atoms with E-state index in [0.29, 0.717) is 0 Å². The topological polar surface area (TPSA) is 57.5 Å². The monoisotopic (exact) mass is 190 g/mol. The van der Waals surface area contributed by atoms with Gasteiger partial charge >= 0.3 is 5.97 Å². The quantitative estimate of drug-likeness (QED) is 0.707. The molecule has 0 saturated carbocycles. The second-order valence-electron chi connectivity index (χ2n) is 3.32. The number of benzene rings is 1. The predicted octanol–water partition coefficient (Wildman–Crippen LogP) is 1.59. The minimum absolute atomic E-state index is 0.187. The Hall–Kier alpha value is -1.61. The molecule has 2 N–H and O–H groups in total. The normalized spacial score (nSPS) is 19.8. The minimum atomic E-state index is -0.960. The molecule has 3 heteroatoms. The summed E-state index contributed by atoms with van der Waals surface area (Å²) in [6, 6.07) is 7.28. The van der Waals surface area contributed by atoms with Crippen LogP contribution in [0.3, 0.4) is 0 Å². The highest BCUT2D eigenvalue weighted by molar-refractivity contribution is 5.93. The Balaban J connectivity index is 2.50. The summed E-state index contributed by atoms with van der Waals surface area (Å²) >= 11 is 0. The number of carbonyl (C=O) groups is 1. The fourth-order valence-electron chi connectivity index (χ4n) is 1.66. The SMILES string of the molecule is O=C(O)C1=Cc2ccccc2[C@H](O)C1. The van der Waals surface area contributed by atoms with Gasteiger partial charge in [-0.05, 0) is 17.2 Å². The molecule has 1 aliphatic carbocycles. The molecule has 0 radical (unpaired) electrons. The summed E-state index contributed by atoms with van der Waals surface area (Å²) in [4.78, 5) is 10.7. The van der Waals surface area contributed by atoms with Crippen molar-refractivity contribution in [2.45, 2.75) is 12.5 Å². The Labute approximate surface area is 81.3 Å². The van der Waals surface area contributed by atoms with E-state index >= 15 is 0 Å². The van der Waals surface area contributed by atoms with Crippen LogP contribution in [0.15, 0.2) is 29.8 Å². The van der Waals surface area contributed by atoms with Crippen LogP contribution in [-0.4, -0.2) is 16.2 Å². The lowest BCUT2D eigenvalue weighted by atomic mass is 9.90. The second kappa shape index (κ2) is 3.27. The van der Waals surface area contributed by atoms with Crippen LogP contribution in [0.25, 0.3) is 6.08 Å². The van der Waals surface area contributed by atoms with E-state index in [-0.39, 0.29) is 12.0 Å². The van der Waals surface area contributed by atoms with Gasteiger partial charge in [-0.2, -0.15) is 0 Å². The fourth-order valence-corrected chi connectivity index (χ4v) is 1.66. The molecule has 1 atom stereocenters. The van der Waals surface area contributed by atoms with Gasteiger partial charge in [0.1, 0.15) is 0 Å². The highest BCUT2D eigenvalue weighted by Gasteiger charge is 2.21. The van der Waals surface area contributed by atoms with Crippen molar-refractivity contribution >= 4 is 12.0 Å². The molecule has 0 aromatic heterocycles. The molecule has 0 fully saturated rings. The molecule has 0 saturated heterocycles. The van der Waals surface area contributed by atoms with Crippen LogP contribution in [0.2, 0.25) is 0 Å². The molecule has 0 amide bonds. The fraction of sp³-hybridized carbons (Fsp3) is 0.182. The van der Waals surface area contributed by atoms with Crippen molar-refractivity contribution in [1.29, 1.82) is 0 Å². The molecular formula is C11H10O3. The Morgan fingerprint density at radius 2 is 2.07 bits per heavy atom. The number of rotatable bonds is 1. The van der Waals surface area contributed by atoms with Crippen LogP contribution in [-0.2, 0) is 4.79 Å². The van der Waals surface area contributed by atoms with E-state index < -0.39 is 12.1 Å². The number of hydrogen-bond acceptors (Lipinski definition) is 2. The van der Waals surface area contributed by atoms with E-state index in [4.69, 9.17) is 5.11 Å². The van der Waals surface area contributed by atoms with Gasteiger partial charge in [0, 0.05) is 12.0 Å². The zero-order valence-electron chi connectivity index (χ0n) is 7.47. The maximum absolute atomic E-state index is 10.7. The van der Waals surface area contributed by atoms with Crippen molar-refractivity contribution in [3.8, 4) is 0 Å². The van der Waals surface area contributed by atoms with Gasteiger partial charge in [0.2, 0.25) is 0 Å². The second-order valence-corrected chi connectivity index (χ2v) is 3.32. The lowest BCUT2D eigenvalue weighted by molar-refractivity contribution is -0.133. The largest absolute Gasteiger partial charge is 0.478 e. The molecule has 0 heterocycles. The van der Waals surface area contributed by atoms with Crippen molar-refractivity contribution in [3.63, 3.8) is 0 Å². The zero-order chi connectivity index (χ0) is 10.1. The van der Waals surface area contributed by atoms with Gasteiger partial charge in [0.15, 0.2) is 0 Å².